The maximum Gasteiger partial charge on any atom is 0.389 e. The lowest BCUT2D eigenvalue weighted by Crippen LogP contribution is -2.24. The van der Waals surface area contributed by atoms with E-state index in [9.17, 15) is 18.0 Å². The van der Waals surface area contributed by atoms with Crippen LogP contribution in [-0.4, -0.2) is 25.7 Å². The predicted octanol–water partition coefficient (Wildman–Crippen LogP) is 2.74. The standard InChI is InChI=1S/C13H17F3N2O2/c1-20-11-7-9(6-10(17)8-11)12(19)18-5-3-2-4-13(14,15)16/h6-8H,2-5,17H2,1H3,(H,18,19). The van der Waals surface area contributed by atoms with Crippen LogP contribution >= 0.6 is 0 Å². The molecule has 1 aromatic carbocycles. The van der Waals surface area contributed by atoms with E-state index in [2.05, 4.69) is 5.32 Å². The largest absolute Gasteiger partial charge is 0.497 e. The van der Waals surface area contributed by atoms with Crippen molar-refractivity contribution in [2.75, 3.05) is 19.4 Å². The molecule has 112 valence electrons. The minimum atomic E-state index is -4.15. The molecule has 0 aliphatic carbocycles. The number of halogens is 3. The molecule has 20 heavy (non-hydrogen) atoms. The minimum Gasteiger partial charge on any atom is -0.497 e. The molecule has 1 rings (SSSR count). The highest BCUT2D eigenvalue weighted by Crippen LogP contribution is 2.22. The van der Waals surface area contributed by atoms with Gasteiger partial charge in [0.2, 0.25) is 0 Å². The van der Waals surface area contributed by atoms with E-state index in [-0.39, 0.29) is 25.3 Å². The molecule has 0 unspecified atom stereocenters. The lowest BCUT2D eigenvalue weighted by Gasteiger charge is -2.09. The number of hydrogen-bond donors (Lipinski definition) is 2. The van der Waals surface area contributed by atoms with Crippen molar-refractivity contribution in [3.63, 3.8) is 0 Å². The van der Waals surface area contributed by atoms with Gasteiger partial charge in [-0.05, 0) is 25.0 Å². The second-order valence-electron chi connectivity index (χ2n) is 4.32. The molecule has 1 amide bonds. The van der Waals surface area contributed by atoms with E-state index >= 15 is 0 Å². The summed E-state index contributed by atoms with van der Waals surface area (Å²) in [5.74, 6) is 0.0647. The summed E-state index contributed by atoms with van der Waals surface area (Å²) in [6.07, 6.45) is -4.73. The van der Waals surface area contributed by atoms with Crippen LogP contribution in [0.15, 0.2) is 18.2 Å². The lowest BCUT2D eigenvalue weighted by molar-refractivity contribution is -0.135. The summed E-state index contributed by atoms with van der Waals surface area (Å²) >= 11 is 0. The first-order chi connectivity index (χ1) is 9.31. The van der Waals surface area contributed by atoms with Crippen molar-refractivity contribution in [2.45, 2.75) is 25.4 Å². The number of hydrogen-bond acceptors (Lipinski definition) is 3. The van der Waals surface area contributed by atoms with Gasteiger partial charge in [0.25, 0.3) is 5.91 Å². The third-order valence-corrected chi connectivity index (χ3v) is 2.60. The molecular weight excluding hydrogens is 273 g/mol. The number of methoxy groups -OCH3 is 1. The van der Waals surface area contributed by atoms with Gasteiger partial charge in [0, 0.05) is 30.3 Å². The monoisotopic (exact) mass is 290 g/mol. The van der Waals surface area contributed by atoms with Gasteiger partial charge in [-0.3, -0.25) is 4.79 Å². The molecule has 3 N–H and O–H groups in total. The highest BCUT2D eigenvalue weighted by Gasteiger charge is 2.25. The zero-order chi connectivity index (χ0) is 15.2. The quantitative estimate of drug-likeness (QED) is 0.625. The van der Waals surface area contributed by atoms with Crippen LogP contribution in [0.5, 0.6) is 5.75 Å². The number of anilines is 1. The van der Waals surface area contributed by atoms with Gasteiger partial charge in [0.1, 0.15) is 5.75 Å². The van der Waals surface area contributed by atoms with Crippen LogP contribution in [0.1, 0.15) is 29.6 Å². The van der Waals surface area contributed by atoms with Gasteiger partial charge in [-0.2, -0.15) is 13.2 Å². The number of nitrogens with one attached hydrogen (secondary N) is 1. The van der Waals surface area contributed by atoms with Gasteiger partial charge in [0.05, 0.1) is 7.11 Å². The smallest absolute Gasteiger partial charge is 0.389 e. The molecule has 0 heterocycles. The molecule has 0 aliphatic rings. The van der Waals surface area contributed by atoms with Gasteiger partial charge in [-0.15, -0.1) is 0 Å². The van der Waals surface area contributed by atoms with E-state index in [1.54, 1.807) is 6.07 Å². The van der Waals surface area contributed by atoms with Gasteiger partial charge < -0.3 is 15.8 Å². The Labute approximate surface area is 115 Å². The van der Waals surface area contributed by atoms with Crippen molar-refractivity contribution >= 4 is 11.6 Å². The number of amides is 1. The van der Waals surface area contributed by atoms with E-state index in [1.165, 1.54) is 19.2 Å². The zero-order valence-electron chi connectivity index (χ0n) is 11.1. The van der Waals surface area contributed by atoms with Crippen LogP contribution in [0.2, 0.25) is 0 Å². The Morgan fingerprint density at radius 2 is 2.00 bits per heavy atom. The summed E-state index contributed by atoms with van der Waals surface area (Å²) in [5.41, 5.74) is 6.31. The van der Waals surface area contributed by atoms with Crippen LogP contribution in [-0.2, 0) is 0 Å². The molecule has 0 bridgehead atoms. The second kappa shape index (κ2) is 7.02. The van der Waals surface area contributed by atoms with Crippen LogP contribution < -0.4 is 15.8 Å². The fourth-order valence-electron chi connectivity index (χ4n) is 1.63. The third-order valence-electron chi connectivity index (χ3n) is 2.60. The lowest BCUT2D eigenvalue weighted by atomic mass is 10.1. The molecular formula is C13H17F3N2O2. The van der Waals surface area contributed by atoms with Crippen molar-refractivity contribution in [3.05, 3.63) is 23.8 Å². The minimum absolute atomic E-state index is 0.00989. The van der Waals surface area contributed by atoms with Crippen LogP contribution in [0, 0.1) is 0 Å². The van der Waals surface area contributed by atoms with Crippen molar-refractivity contribution in [1.29, 1.82) is 0 Å². The Morgan fingerprint density at radius 3 is 2.60 bits per heavy atom. The number of carbonyl (C=O) groups excluding carboxylic acids is 1. The molecule has 1 aromatic rings. The zero-order valence-corrected chi connectivity index (χ0v) is 11.1. The first-order valence-electron chi connectivity index (χ1n) is 6.11. The number of rotatable bonds is 6. The maximum absolute atomic E-state index is 11.9. The summed E-state index contributed by atoms with van der Waals surface area (Å²) in [6.45, 7) is 0.187. The topological polar surface area (TPSA) is 64.3 Å². The summed E-state index contributed by atoms with van der Waals surface area (Å²) in [6, 6.07) is 4.56. The van der Waals surface area contributed by atoms with Crippen molar-refractivity contribution in [1.82, 2.24) is 5.32 Å². The van der Waals surface area contributed by atoms with Crippen LogP contribution in [0.25, 0.3) is 0 Å². The highest BCUT2D eigenvalue weighted by molar-refractivity contribution is 5.95. The van der Waals surface area contributed by atoms with Gasteiger partial charge in [-0.1, -0.05) is 0 Å². The molecule has 0 spiro atoms. The fourth-order valence-corrected chi connectivity index (χ4v) is 1.63. The average Bonchev–Trinajstić information content (AvgIpc) is 2.36. The molecule has 0 fully saturated rings. The number of nitrogen functional groups attached to an aromatic ring is 1. The van der Waals surface area contributed by atoms with Crippen molar-refractivity contribution in [2.24, 2.45) is 0 Å². The summed E-state index contributed by atoms with van der Waals surface area (Å²) in [4.78, 5) is 11.8. The number of benzene rings is 1. The summed E-state index contributed by atoms with van der Waals surface area (Å²) in [7, 11) is 1.45. The first kappa shape index (κ1) is 16.1. The Kier molecular flexibility index (Phi) is 5.66. The molecule has 0 saturated carbocycles. The molecule has 4 nitrogen and oxygen atoms in total. The van der Waals surface area contributed by atoms with Gasteiger partial charge in [-0.25, -0.2) is 0 Å². The van der Waals surface area contributed by atoms with E-state index in [4.69, 9.17) is 10.5 Å². The third kappa shape index (κ3) is 5.81. The fraction of sp³-hybridized carbons (Fsp3) is 0.462. The highest BCUT2D eigenvalue weighted by atomic mass is 19.4. The van der Waals surface area contributed by atoms with E-state index < -0.39 is 12.6 Å². The van der Waals surface area contributed by atoms with Gasteiger partial charge >= 0.3 is 6.18 Å². The number of unbranched alkanes of at least 4 members (excludes halogenated alkanes) is 1. The van der Waals surface area contributed by atoms with Crippen molar-refractivity contribution < 1.29 is 22.7 Å². The Bertz CT molecular complexity index is 461. The molecule has 7 heteroatoms. The SMILES string of the molecule is COc1cc(N)cc(C(=O)NCCCCC(F)(F)F)c1. The average molecular weight is 290 g/mol. The van der Waals surface area contributed by atoms with Crippen LogP contribution in [0.4, 0.5) is 18.9 Å². The Morgan fingerprint density at radius 1 is 1.30 bits per heavy atom. The predicted molar refractivity (Wildman–Crippen MR) is 69.6 cm³/mol. The number of ether oxygens (including phenoxy) is 1. The first-order valence-corrected chi connectivity index (χ1v) is 6.11. The number of alkyl halides is 3. The Balaban J connectivity index is 2.41. The van der Waals surface area contributed by atoms with Crippen LogP contribution in [0.3, 0.4) is 0 Å². The summed E-state index contributed by atoms with van der Waals surface area (Å²) in [5, 5.41) is 2.55. The second-order valence-corrected chi connectivity index (χ2v) is 4.32. The van der Waals surface area contributed by atoms with E-state index in [0.29, 0.717) is 17.0 Å². The Hall–Kier alpha value is -1.92. The normalized spacial score (nSPS) is 11.2. The maximum atomic E-state index is 11.9. The molecule has 0 radical (unpaired) electrons. The van der Waals surface area contributed by atoms with Gasteiger partial charge in [0.15, 0.2) is 0 Å². The number of nitrogens with two attached hydrogens (primary N) is 1. The molecule has 0 atom stereocenters. The van der Waals surface area contributed by atoms with Crippen molar-refractivity contribution in [3.8, 4) is 5.75 Å². The molecule has 0 saturated heterocycles. The summed E-state index contributed by atoms with van der Waals surface area (Å²) < 4.78 is 40.7. The van der Waals surface area contributed by atoms with E-state index in [1.807, 2.05) is 0 Å². The molecule has 0 aromatic heterocycles. The number of carbonyl (C=O) groups is 1. The molecule has 0 aliphatic heterocycles. The van der Waals surface area contributed by atoms with E-state index in [0.717, 1.165) is 0 Å².